The molecule has 0 aliphatic rings. The van der Waals surface area contributed by atoms with Gasteiger partial charge in [-0.1, -0.05) is 0 Å². The lowest BCUT2D eigenvalue weighted by atomic mass is 10.1. The summed E-state index contributed by atoms with van der Waals surface area (Å²) >= 11 is 2.94. The standard InChI is InChI=1S/C10H12BrFN2O2/c1-6(13-2)3-7-4-9(12)8(11)5-10(7)14(15)16/h4-6,13H,3H2,1-2H3. The predicted octanol–water partition coefficient (Wildman–Crippen LogP) is 2.65. The zero-order valence-electron chi connectivity index (χ0n) is 8.96. The van der Waals surface area contributed by atoms with E-state index in [4.69, 9.17) is 0 Å². The molecule has 0 aromatic heterocycles. The van der Waals surface area contributed by atoms with Gasteiger partial charge in [-0.25, -0.2) is 4.39 Å². The molecule has 0 heterocycles. The Kier molecular flexibility index (Phi) is 4.37. The zero-order valence-corrected chi connectivity index (χ0v) is 10.5. The van der Waals surface area contributed by atoms with Crippen molar-refractivity contribution in [1.29, 1.82) is 0 Å². The van der Waals surface area contributed by atoms with E-state index in [1.54, 1.807) is 7.05 Å². The topological polar surface area (TPSA) is 55.2 Å². The molecule has 0 bridgehead atoms. The van der Waals surface area contributed by atoms with Gasteiger partial charge in [-0.05, 0) is 42.4 Å². The van der Waals surface area contributed by atoms with Crippen LogP contribution < -0.4 is 5.32 Å². The fraction of sp³-hybridized carbons (Fsp3) is 0.400. The fourth-order valence-corrected chi connectivity index (χ4v) is 1.67. The molecule has 0 aliphatic carbocycles. The molecule has 0 radical (unpaired) electrons. The summed E-state index contributed by atoms with van der Waals surface area (Å²) < 4.78 is 13.4. The number of benzene rings is 1. The van der Waals surface area contributed by atoms with Gasteiger partial charge < -0.3 is 5.32 Å². The molecule has 4 nitrogen and oxygen atoms in total. The average molecular weight is 291 g/mol. The van der Waals surface area contributed by atoms with Crippen LogP contribution in [-0.2, 0) is 6.42 Å². The van der Waals surface area contributed by atoms with E-state index in [-0.39, 0.29) is 16.2 Å². The molecule has 16 heavy (non-hydrogen) atoms. The predicted molar refractivity (Wildman–Crippen MR) is 63.0 cm³/mol. The Labute approximate surface area is 101 Å². The molecule has 1 rings (SSSR count). The summed E-state index contributed by atoms with van der Waals surface area (Å²) in [5.74, 6) is -0.482. The molecule has 1 atom stereocenters. The minimum absolute atomic E-state index is 0.0549. The van der Waals surface area contributed by atoms with Crippen molar-refractivity contribution in [1.82, 2.24) is 5.32 Å². The van der Waals surface area contributed by atoms with E-state index in [0.29, 0.717) is 12.0 Å². The Balaban J connectivity index is 3.14. The van der Waals surface area contributed by atoms with E-state index in [1.807, 2.05) is 6.92 Å². The summed E-state index contributed by atoms with van der Waals surface area (Å²) in [5, 5.41) is 13.8. The Morgan fingerprint density at radius 3 is 2.75 bits per heavy atom. The fourth-order valence-electron chi connectivity index (χ4n) is 1.34. The third kappa shape index (κ3) is 2.99. The molecule has 1 aromatic carbocycles. The minimum atomic E-state index is -0.498. The van der Waals surface area contributed by atoms with Gasteiger partial charge in [0.2, 0.25) is 0 Å². The lowest BCUT2D eigenvalue weighted by Crippen LogP contribution is -2.24. The molecule has 6 heteroatoms. The van der Waals surface area contributed by atoms with Gasteiger partial charge in [-0.2, -0.15) is 0 Å². The first-order valence-corrected chi connectivity index (χ1v) is 5.54. The smallest absolute Gasteiger partial charge is 0.273 e. The highest BCUT2D eigenvalue weighted by molar-refractivity contribution is 9.10. The number of likely N-dealkylation sites (N-methyl/N-ethyl adjacent to an activating group) is 1. The molecule has 88 valence electrons. The van der Waals surface area contributed by atoms with E-state index in [9.17, 15) is 14.5 Å². The maximum Gasteiger partial charge on any atom is 0.273 e. The van der Waals surface area contributed by atoms with Gasteiger partial charge in [-0.15, -0.1) is 0 Å². The zero-order chi connectivity index (χ0) is 12.3. The Hall–Kier alpha value is -1.01. The Bertz CT molecular complexity index is 412. The van der Waals surface area contributed by atoms with Crippen molar-refractivity contribution in [3.8, 4) is 0 Å². The minimum Gasteiger partial charge on any atom is -0.317 e. The number of halogens is 2. The summed E-state index contributed by atoms with van der Waals surface area (Å²) in [4.78, 5) is 10.3. The first-order chi connectivity index (χ1) is 7.45. The van der Waals surface area contributed by atoms with Crippen molar-refractivity contribution in [2.45, 2.75) is 19.4 Å². The van der Waals surface area contributed by atoms with E-state index in [1.165, 1.54) is 12.1 Å². The molecule has 0 saturated carbocycles. The largest absolute Gasteiger partial charge is 0.317 e. The number of nitro benzene ring substituents is 1. The highest BCUT2D eigenvalue weighted by Gasteiger charge is 2.18. The molecule has 0 fully saturated rings. The van der Waals surface area contributed by atoms with Gasteiger partial charge in [0.1, 0.15) is 5.82 Å². The lowest BCUT2D eigenvalue weighted by Gasteiger charge is -2.10. The van der Waals surface area contributed by atoms with Gasteiger partial charge >= 0.3 is 0 Å². The molecule has 1 unspecified atom stereocenters. The van der Waals surface area contributed by atoms with Crippen LogP contribution in [0.1, 0.15) is 12.5 Å². The van der Waals surface area contributed by atoms with Gasteiger partial charge in [0.25, 0.3) is 5.69 Å². The maximum atomic E-state index is 13.3. The SMILES string of the molecule is CNC(C)Cc1cc(F)c(Br)cc1[N+](=O)[O-]. The monoisotopic (exact) mass is 290 g/mol. The van der Waals surface area contributed by atoms with Crippen molar-refractivity contribution in [3.63, 3.8) is 0 Å². The highest BCUT2D eigenvalue weighted by Crippen LogP contribution is 2.27. The van der Waals surface area contributed by atoms with Crippen LogP contribution in [0.25, 0.3) is 0 Å². The average Bonchev–Trinajstić information content (AvgIpc) is 2.22. The molecular formula is C10H12BrFN2O2. The number of rotatable bonds is 4. The van der Waals surface area contributed by atoms with Crippen LogP contribution in [0.3, 0.4) is 0 Å². The summed E-state index contributed by atoms with van der Waals surface area (Å²) in [6.45, 7) is 1.88. The first kappa shape index (κ1) is 13.1. The van der Waals surface area contributed by atoms with E-state index >= 15 is 0 Å². The van der Waals surface area contributed by atoms with E-state index in [0.717, 1.165) is 0 Å². The molecular weight excluding hydrogens is 279 g/mol. The van der Waals surface area contributed by atoms with Gasteiger partial charge in [0, 0.05) is 17.7 Å². The van der Waals surface area contributed by atoms with Crippen molar-refractivity contribution < 1.29 is 9.31 Å². The Morgan fingerprint density at radius 2 is 2.25 bits per heavy atom. The molecule has 0 aliphatic heterocycles. The molecule has 0 saturated heterocycles. The van der Waals surface area contributed by atoms with Crippen LogP contribution in [0.5, 0.6) is 0 Å². The van der Waals surface area contributed by atoms with Crippen LogP contribution in [0.2, 0.25) is 0 Å². The summed E-state index contributed by atoms with van der Waals surface area (Å²) in [7, 11) is 1.76. The molecule has 1 N–H and O–H groups in total. The van der Waals surface area contributed by atoms with Crippen LogP contribution in [0, 0.1) is 15.9 Å². The Morgan fingerprint density at radius 1 is 1.62 bits per heavy atom. The van der Waals surface area contributed by atoms with Crippen LogP contribution in [0.15, 0.2) is 16.6 Å². The van der Waals surface area contributed by atoms with E-state index in [2.05, 4.69) is 21.2 Å². The summed E-state index contributed by atoms with van der Waals surface area (Å²) in [6, 6.07) is 2.46. The summed E-state index contributed by atoms with van der Waals surface area (Å²) in [6.07, 6.45) is 0.414. The highest BCUT2D eigenvalue weighted by atomic mass is 79.9. The molecule has 0 spiro atoms. The van der Waals surface area contributed by atoms with Gasteiger partial charge in [0.05, 0.1) is 9.40 Å². The normalized spacial score (nSPS) is 12.5. The number of nitro groups is 1. The quantitative estimate of drug-likeness (QED) is 0.685. The second kappa shape index (κ2) is 5.36. The third-order valence-electron chi connectivity index (χ3n) is 2.34. The van der Waals surface area contributed by atoms with Crippen LogP contribution in [-0.4, -0.2) is 18.0 Å². The summed E-state index contributed by atoms with van der Waals surface area (Å²) in [5.41, 5.74) is 0.336. The van der Waals surface area contributed by atoms with Crippen LogP contribution >= 0.6 is 15.9 Å². The number of nitrogens with one attached hydrogen (secondary N) is 1. The van der Waals surface area contributed by atoms with Gasteiger partial charge in [0.15, 0.2) is 0 Å². The second-order valence-electron chi connectivity index (χ2n) is 3.55. The van der Waals surface area contributed by atoms with Crippen molar-refractivity contribution in [2.24, 2.45) is 0 Å². The van der Waals surface area contributed by atoms with Crippen LogP contribution in [0.4, 0.5) is 10.1 Å². The second-order valence-corrected chi connectivity index (χ2v) is 4.40. The first-order valence-electron chi connectivity index (χ1n) is 4.75. The van der Waals surface area contributed by atoms with E-state index < -0.39 is 10.7 Å². The maximum absolute atomic E-state index is 13.3. The number of hydrogen-bond donors (Lipinski definition) is 1. The van der Waals surface area contributed by atoms with Crippen molar-refractivity contribution in [3.05, 3.63) is 38.1 Å². The van der Waals surface area contributed by atoms with Gasteiger partial charge in [-0.3, -0.25) is 10.1 Å². The number of nitrogens with zero attached hydrogens (tertiary/aromatic N) is 1. The van der Waals surface area contributed by atoms with Crippen molar-refractivity contribution in [2.75, 3.05) is 7.05 Å². The molecule has 0 amide bonds. The lowest BCUT2D eigenvalue weighted by molar-refractivity contribution is -0.385. The molecule has 1 aromatic rings. The third-order valence-corrected chi connectivity index (χ3v) is 2.94. The van der Waals surface area contributed by atoms with Crippen molar-refractivity contribution >= 4 is 21.6 Å². The number of hydrogen-bond acceptors (Lipinski definition) is 3.